The Hall–Kier alpha value is -0.870. The molecule has 0 fully saturated rings. The lowest BCUT2D eigenvalue weighted by Crippen LogP contribution is -2.35. The van der Waals surface area contributed by atoms with Crippen molar-refractivity contribution in [2.24, 2.45) is 5.92 Å². The van der Waals surface area contributed by atoms with Crippen molar-refractivity contribution in [2.75, 3.05) is 54.4 Å². The second kappa shape index (κ2) is 19.6. The third-order valence-electron chi connectivity index (χ3n) is 6.75. The topological polar surface area (TPSA) is 26.8 Å². The number of hydrogen-bond acceptors (Lipinski definition) is 3. The van der Waals surface area contributed by atoms with Crippen molar-refractivity contribution >= 4 is 5.91 Å². The van der Waals surface area contributed by atoms with Crippen LogP contribution in [0, 0.1) is 5.92 Å². The first-order valence-electron chi connectivity index (χ1n) is 13.7. The molecule has 0 saturated heterocycles. The van der Waals surface area contributed by atoms with Crippen LogP contribution in [-0.4, -0.2) is 75.0 Å². The number of amides is 1. The molecule has 0 N–H and O–H groups in total. The van der Waals surface area contributed by atoms with Gasteiger partial charge in [-0.05, 0) is 85.7 Å². The number of nitrogens with zero attached hydrogens (tertiary/aromatic N) is 3. The Bertz CT molecular complexity index is 461. The molecule has 0 spiro atoms. The lowest BCUT2D eigenvalue weighted by atomic mass is 9.99. The molecule has 1 amide bonds. The second-order valence-electron chi connectivity index (χ2n) is 10.5. The lowest BCUT2D eigenvalue weighted by Gasteiger charge is -2.24. The van der Waals surface area contributed by atoms with Crippen LogP contribution in [0.15, 0.2) is 12.2 Å². The summed E-state index contributed by atoms with van der Waals surface area (Å²) in [5.41, 5.74) is 0. The molecule has 4 heteroatoms. The minimum Gasteiger partial charge on any atom is -0.343 e. The molecule has 0 heterocycles. The molecular weight excluding hydrogens is 394 g/mol. The Morgan fingerprint density at radius 2 is 1.19 bits per heavy atom. The van der Waals surface area contributed by atoms with E-state index in [-0.39, 0.29) is 0 Å². The van der Waals surface area contributed by atoms with Gasteiger partial charge in [0.2, 0.25) is 5.91 Å². The average Bonchev–Trinajstić information content (AvgIpc) is 3.26. The standard InChI is InChI=1S/C28H55N3O/c1-29(2)23-17-25-31(26-18-24-30(3)4)28(32)22-14-12-10-8-6-5-7-9-11-13-19-27-20-15-16-21-27/h15,20,27H,5-14,16-19,21-26H2,1-4H3. The van der Waals surface area contributed by atoms with Crippen molar-refractivity contribution in [1.29, 1.82) is 0 Å². The molecule has 0 bridgehead atoms. The summed E-state index contributed by atoms with van der Waals surface area (Å²) < 4.78 is 0. The minimum atomic E-state index is 0.371. The van der Waals surface area contributed by atoms with E-state index in [1.54, 1.807) is 0 Å². The highest BCUT2D eigenvalue weighted by molar-refractivity contribution is 5.76. The Balaban J connectivity index is 1.99. The maximum Gasteiger partial charge on any atom is 0.222 e. The van der Waals surface area contributed by atoms with Gasteiger partial charge in [-0.15, -0.1) is 0 Å². The maximum absolute atomic E-state index is 12.7. The van der Waals surface area contributed by atoms with Crippen LogP contribution in [0.5, 0.6) is 0 Å². The molecule has 1 atom stereocenters. The van der Waals surface area contributed by atoms with Crippen LogP contribution in [0.3, 0.4) is 0 Å². The van der Waals surface area contributed by atoms with Gasteiger partial charge >= 0.3 is 0 Å². The molecule has 1 aliphatic rings. The molecule has 188 valence electrons. The fraction of sp³-hybridized carbons (Fsp3) is 0.893. The van der Waals surface area contributed by atoms with Crippen molar-refractivity contribution < 1.29 is 4.79 Å². The Morgan fingerprint density at radius 1 is 0.688 bits per heavy atom. The fourth-order valence-corrected chi connectivity index (χ4v) is 4.71. The van der Waals surface area contributed by atoms with Gasteiger partial charge in [-0.1, -0.05) is 69.9 Å². The molecule has 0 aromatic carbocycles. The van der Waals surface area contributed by atoms with Gasteiger partial charge in [-0.3, -0.25) is 4.79 Å². The highest BCUT2D eigenvalue weighted by atomic mass is 16.2. The van der Waals surface area contributed by atoms with Gasteiger partial charge in [-0.25, -0.2) is 0 Å². The van der Waals surface area contributed by atoms with E-state index >= 15 is 0 Å². The number of carbonyl (C=O) groups is 1. The number of hydrogen-bond donors (Lipinski definition) is 0. The zero-order chi connectivity index (χ0) is 23.4. The second-order valence-corrected chi connectivity index (χ2v) is 10.5. The maximum atomic E-state index is 12.7. The summed E-state index contributed by atoms with van der Waals surface area (Å²) in [6.07, 6.45) is 25.1. The van der Waals surface area contributed by atoms with Crippen LogP contribution in [0.25, 0.3) is 0 Å². The summed E-state index contributed by atoms with van der Waals surface area (Å²) in [6.45, 7) is 3.91. The van der Waals surface area contributed by atoms with Crippen molar-refractivity contribution in [2.45, 2.75) is 103 Å². The van der Waals surface area contributed by atoms with Gasteiger partial charge in [-0.2, -0.15) is 0 Å². The van der Waals surface area contributed by atoms with Crippen LogP contribution in [0.2, 0.25) is 0 Å². The van der Waals surface area contributed by atoms with Crippen molar-refractivity contribution in [3.63, 3.8) is 0 Å². The van der Waals surface area contributed by atoms with E-state index in [9.17, 15) is 4.79 Å². The van der Waals surface area contributed by atoms with Gasteiger partial charge in [0.1, 0.15) is 0 Å². The van der Waals surface area contributed by atoms with E-state index < -0.39 is 0 Å². The van der Waals surface area contributed by atoms with Crippen LogP contribution in [-0.2, 0) is 4.79 Å². The SMILES string of the molecule is CN(C)CCCN(CCCN(C)C)C(=O)CCCCCCCCCCCCC1C=CCC1. The molecule has 1 rings (SSSR count). The number of unbranched alkanes of at least 4 members (excludes halogenated alkanes) is 9. The van der Waals surface area contributed by atoms with E-state index in [4.69, 9.17) is 0 Å². The highest BCUT2D eigenvalue weighted by Crippen LogP contribution is 2.23. The van der Waals surface area contributed by atoms with Crippen molar-refractivity contribution in [3.8, 4) is 0 Å². The Morgan fingerprint density at radius 3 is 1.66 bits per heavy atom. The summed E-state index contributed by atoms with van der Waals surface area (Å²) in [6, 6.07) is 0. The molecule has 0 aromatic rings. The first kappa shape index (κ1) is 29.2. The highest BCUT2D eigenvalue weighted by Gasteiger charge is 2.13. The molecule has 0 saturated carbocycles. The zero-order valence-electron chi connectivity index (χ0n) is 22.1. The summed E-state index contributed by atoms with van der Waals surface area (Å²) >= 11 is 0. The lowest BCUT2D eigenvalue weighted by molar-refractivity contribution is -0.131. The quantitative estimate of drug-likeness (QED) is 0.150. The van der Waals surface area contributed by atoms with Crippen molar-refractivity contribution in [1.82, 2.24) is 14.7 Å². The first-order chi connectivity index (χ1) is 15.5. The van der Waals surface area contributed by atoms with Gasteiger partial charge in [0.05, 0.1) is 0 Å². The largest absolute Gasteiger partial charge is 0.343 e. The summed E-state index contributed by atoms with van der Waals surface area (Å²) in [5.74, 6) is 1.26. The number of carbonyl (C=O) groups excluding carboxylic acids is 1. The van der Waals surface area contributed by atoms with E-state index in [0.29, 0.717) is 5.91 Å². The van der Waals surface area contributed by atoms with Gasteiger partial charge in [0.25, 0.3) is 0 Å². The molecular formula is C28H55N3O. The smallest absolute Gasteiger partial charge is 0.222 e. The summed E-state index contributed by atoms with van der Waals surface area (Å²) in [4.78, 5) is 19.3. The summed E-state index contributed by atoms with van der Waals surface area (Å²) in [5, 5.41) is 0. The van der Waals surface area contributed by atoms with E-state index in [1.165, 1.54) is 77.0 Å². The fourth-order valence-electron chi connectivity index (χ4n) is 4.71. The normalized spacial score (nSPS) is 15.9. The number of allylic oxidation sites excluding steroid dienone is 2. The minimum absolute atomic E-state index is 0.371. The van der Waals surface area contributed by atoms with Crippen LogP contribution in [0.4, 0.5) is 0 Å². The molecule has 1 unspecified atom stereocenters. The number of rotatable bonds is 21. The zero-order valence-corrected chi connectivity index (χ0v) is 22.1. The Labute approximate surface area is 200 Å². The first-order valence-corrected chi connectivity index (χ1v) is 13.7. The molecule has 0 aromatic heterocycles. The third kappa shape index (κ3) is 16.7. The van der Waals surface area contributed by atoms with Gasteiger partial charge < -0.3 is 14.7 Å². The van der Waals surface area contributed by atoms with E-state index in [2.05, 4.69) is 55.0 Å². The van der Waals surface area contributed by atoms with Crippen LogP contribution >= 0.6 is 0 Å². The van der Waals surface area contributed by atoms with E-state index in [1.807, 2.05) is 0 Å². The Kier molecular flexibility index (Phi) is 17.8. The predicted octanol–water partition coefficient (Wildman–Crippen LogP) is 6.37. The third-order valence-corrected chi connectivity index (χ3v) is 6.75. The average molecular weight is 450 g/mol. The van der Waals surface area contributed by atoms with Crippen LogP contribution < -0.4 is 0 Å². The monoisotopic (exact) mass is 449 g/mol. The van der Waals surface area contributed by atoms with Gasteiger partial charge in [0, 0.05) is 19.5 Å². The summed E-state index contributed by atoms with van der Waals surface area (Å²) in [7, 11) is 8.42. The molecule has 0 radical (unpaired) electrons. The van der Waals surface area contributed by atoms with Gasteiger partial charge in [0.15, 0.2) is 0 Å². The van der Waals surface area contributed by atoms with E-state index in [0.717, 1.165) is 57.8 Å². The van der Waals surface area contributed by atoms with Crippen LogP contribution in [0.1, 0.15) is 103 Å². The molecule has 32 heavy (non-hydrogen) atoms. The molecule has 1 aliphatic carbocycles. The predicted molar refractivity (Wildman–Crippen MR) is 140 cm³/mol. The van der Waals surface area contributed by atoms with Crippen molar-refractivity contribution in [3.05, 3.63) is 12.2 Å². The molecule has 0 aliphatic heterocycles. The molecule has 4 nitrogen and oxygen atoms in total.